The number of aryl methyl sites for hydroxylation is 1. The second-order valence-electron chi connectivity index (χ2n) is 5.79. The predicted molar refractivity (Wildman–Crippen MR) is 89.7 cm³/mol. The fourth-order valence-corrected chi connectivity index (χ4v) is 3.08. The molecule has 0 aliphatic carbocycles. The Labute approximate surface area is 132 Å². The van der Waals surface area contributed by atoms with Gasteiger partial charge in [-0.25, -0.2) is 0 Å². The Morgan fingerprint density at radius 1 is 0.810 bits per heavy atom. The summed E-state index contributed by atoms with van der Waals surface area (Å²) in [5.41, 5.74) is 8.32. The van der Waals surface area contributed by atoms with Crippen LogP contribution in [0.15, 0.2) is 18.2 Å². The highest BCUT2D eigenvalue weighted by Gasteiger charge is 2.20. The van der Waals surface area contributed by atoms with E-state index in [4.69, 9.17) is 11.6 Å². The van der Waals surface area contributed by atoms with Crippen molar-refractivity contribution in [3.8, 4) is 0 Å². The first kappa shape index (κ1) is 15.8. The summed E-state index contributed by atoms with van der Waals surface area (Å²) in [5, 5.41) is 0.661. The molecular weight excluding hydrogens is 280 g/mol. The van der Waals surface area contributed by atoms with E-state index in [0.717, 1.165) is 27.8 Å². The molecule has 110 valence electrons. The largest absolute Gasteiger partial charge is 0.289 e. The monoisotopic (exact) mass is 300 g/mol. The first-order valence-corrected chi connectivity index (χ1v) is 7.51. The van der Waals surface area contributed by atoms with E-state index >= 15 is 0 Å². The van der Waals surface area contributed by atoms with Crippen LogP contribution in [-0.2, 0) is 0 Å². The van der Waals surface area contributed by atoms with Gasteiger partial charge in [0.15, 0.2) is 5.78 Å². The third-order valence-electron chi connectivity index (χ3n) is 4.66. The van der Waals surface area contributed by atoms with Crippen molar-refractivity contribution in [3.05, 3.63) is 67.7 Å². The Kier molecular flexibility index (Phi) is 4.25. The third-order valence-corrected chi connectivity index (χ3v) is 4.90. The summed E-state index contributed by atoms with van der Waals surface area (Å²) in [6.45, 7) is 12.3. The van der Waals surface area contributed by atoms with Gasteiger partial charge in [-0.3, -0.25) is 4.79 Å². The minimum Gasteiger partial charge on any atom is -0.289 e. The number of halogens is 1. The topological polar surface area (TPSA) is 17.1 Å². The fraction of sp³-hybridized carbons (Fsp3) is 0.316. The highest BCUT2D eigenvalue weighted by molar-refractivity contribution is 6.30. The average molecular weight is 301 g/mol. The van der Waals surface area contributed by atoms with Crippen LogP contribution in [0, 0.1) is 41.5 Å². The van der Waals surface area contributed by atoms with Crippen molar-refractivity contribution in [1.29, 1.82) is 0 Å². The molecule has 0 atom stereocenters. The zero-order valence-corrected chi connectivity index (χ0v) is 14.3. The molecule has 2 rings (SSSR count). The molecule has 0 radical (unpaired) electrons. The maximum atomic E-state index is 13.0. The molecule has 1 nitrogen and oxygen atoms in total. The van der Waals surface area contributed by atoms with Gasteiger partial charge in [-0.05, 0) is 93.1 Å². The molecule has 2 aromatic carbocycles. The van der Waals surface area contributed by atoms with E-state index in [1.807, 2.05) is 32.9 Å². The standard InChI is InChI=1S/C19H21ClO/c1-10-9-16(20)7-8-17(10)19(21)18-14(5)12(3)11(2)13(4)15(18)6/h7-9H,1-6H3. The molecule has 0 aromatic heterocycles. The van der Waals surface area contributed by atoms with Crippen LogP contribution in [0.3, 0.4) is 0 Å². The first-order chi connectivity index (χ1) is 9.75. The van der Waals surface area contributed by atoms with Crippen molar-refractivity contribution < 1.29 is 4.79 Å². The Balaban J connectivity index is 2.70. The summed E-state index contributed by atoms with van der Waals surface area (Å²) >= 11 is 5.99. The number of carbonyl (C=O) groups excluding carboxylic acids is 1. The van der Waals surface area contributed by atoms with Crippen LogP contribution in [0.4, 0.5) is 0 Å². The smallest absolute Gasteiger partial charge is 0.193 e. The zero-order chi connectivity index (χ0) is 15.9. The third kappa shape index (κ3) is 2.63. The summed E-state index contributed by atoms with van der Waals surface area (Å²) in [6.07, 6.45) is 0. The van der Waals surface area contributed by atoms with Gasteiger partial charge < -0.3 is 0 Å². The van der Waals surface area contributed by atoms with Crippen LogP contribution >= 0.6 is 11.6 Å². The number of ketones is 1. The zero-order valence-electron chi connectivity index (χ0n) is 13.5. The highest BCUT2D eigenvalue weighted by atomic mass is 35.5. The van der Waals surface area contributed by atoms with E-state index in [1.54, 1.807) is 6.07 Å². The van der Waals surface area contributed by atoms with Crippen LogP contribution < -0.4 is 0 Å². The normalized spacial score (nSPS) is 10.8. The van der Waals surface area contributed by atoms with Gasteiger partial charge in [-0.15, -0.1) is 0 Å². The van der Waals surface area contributed by atoms with Crippen molar-refractivity contribution in [2.24, 2.45) is 0 Å². The molecule has 0 aliphatic heterocycles. The minimum atomic E-state index is 0.0883. The number of rotatable bonds is 2. The molecule has 0 spiro atoms. The molecule has 0 N–H and O–H groups in total. The lowest BCUT2D eigenvalue weighted by Crippen LogP contribution is -2.11. The van der Waals surface area contributed by atoms with Crippen LogP contribution in [-0.4, -0.2) is 5.78 Å². The maximum Gasteiger partial charge on any atom is 0.193 e. The van der Waals surface area contributed by atoms with Gasteiger partial charge in [-0.2, -0.15) is 0 Å². The summed E-state index contributed by atoms with van der Waals surface area (Å²) in [4.78, 5) is 13.0. The van der Waals surface area contributed by atoms with Gasteiger partial charge in [-0.1, -0.05) is 11.6 Å². The summed E-state index contributed by atoms with van der Waals surface area (Å²) in [7, 11) is 0. The molecule has 0 amide bonds. The molecule has 2 aromatic rings. The van der Waals surface area contributed by atoms with E-state index in [0.29, 0.717) is 5.02 Å². The van der Waals surface area contributed by atoms with Gasteiger partial charge in [0, 0.05) is 16.1 Å². The van der Waals surface area contributed by atoms with Crippen molar-refractivity contribution in [2.45, 2.75) is 41.5 Å². The molecule has 0 heterocycles. The van der Waals surface area contributed by atoms with E-state index in [-0.39, 0.29) is 5.78 Å². The predicted octanol–water partition coefficient (Wildman–Crippen LogP) is 5.42. The minimum absolute atomic E-state index is 0.0883. The van der Waals surface area contributed by atoms with Crippen LogP contribution in [0.2, 0.25) is 5.02 Å². The highest BCUT2D eigenvalue weighted by Crippen LogP contribution is 2.29. The van der Waals surface area contributed by atoms with Gasteiger partial charge in [0.2, 0.25) is 0 Å². The quantitative estimate of drug-likeness (QED) is 0.677. The maximum absolute atomic E-state index is 13.0. The van der Waals surface area contributed by atoms with Gasteiger partial charge in [0.05, 0.1) is 0 Å². The summed E-state index contributed by atoms with van der Waals surface area (Å²) < 4.78 is 0. The Morgan fingerprint density at radius 2 is 1.29 bits per heavy atom. The lowest BCUT2D eigenvalue weighted by Gasteiger charge is -2.18. The van der Waals surface area contributed by atoms with E-state index in [9.17, 15) is 4.79 Å². The van der Waals surface area contributed by atoms with Crippen LogP contribution in [0.5, 0.6) is 0 Å². The second-order valence-corrected chi connectivity index (χ2v) is 6.22. The Morgan fingerprint density at radius 3 is 1.76 bits per heavy atom. The molecule has 2 heteroatoms. The van der Waals surface area contributed by atoms with Crippen LogP contribution in [0.25, 0.3) is 0 Å². The molecule has 21 heavy (non-hydrogen) atoms. The van der Waals surface area contributed by atoms with Crippen molar-refractivity contribution >= 4 is 17.4 Å². The molecule has 0 aliphatic rings. The van der Waals surface area contributed by atoms with E-state index < -0.39 is 0 Å². The van der Waals surface area contributed by atoms with Crippen LogP contribution in [0.1, 0.15) is 49.3 Å². The SMILES string of the molecule is Cc1cc(Cl)ccc1C(=O)c1c(C)c(C)c(C)c(C)c1C. The van der Waals surface area contributed by atoms with Crippen molar-refractivity contribution in [2.75, 3.05) is 0 Å². The van der Waals surface area contributed by atoms with E-state index in [2.05, 4.69) is 20.8 Å². The first-order valence-electron chi connectivity index (χ1n) is 7.13. The second kappa shape index (κ2) is 5.65. The van der Waals surface area contributed by atoms with Gasteiger partial charge in [0.25, 0.3) is 0 Å². The summed E-state index contributed by atoms with van der Waals surface area (Å²) in [6, 6.07) is 5.44. The number of hydrogen-bond acceptors (Lipinski definition) is 1. The van der Waals surface area contributed by atoms with Gasteiger partial charge in [0.1, 0.15) is 0 Å². The molecular formula is C19H21ClO. The molecule has 0 unspecified atom stereocenters. The number of benzene rings is 2. The summed E-state index contributed by atoms with van der Waals surface area (Å²) in [5.74, 6) is 0.0883. The molecule has 0 saturated carbocycles. The average Bonchev–Trinajstić information content (AvgIpc) is 2.43. The van der Waals surface area contributed by atoms with Gasteiger partial charge >= 0.3 is 0 Å². The molecule has 0 fully saturated rings. The Hall–Kier alpha value is -1.60. The van der Waals surface area contributed by atoms with Crippen molar-refractivity contribution in [3.63, 3.8) is 0 Å². The molecule has 0 saturated heterocycles. The Bertz CT molecular complexity index is 713. The lowest BCUT2D eigenvalue weighted by molar-refractivity contribution is 0.103. The lowest BCUT2D eigenvalue weighted by atomic mass is 9.85. The van der Waals surface area contributed by atoms with E-state index in [1.165, 1.54) is 16.7 Å². The fourth-order valence-electron chi connectivity index (χ4n) is 2.86. The number of carbonyl (C=O) groups is 1. The molecule has 0 bridgehead atoms. The number of hydrogen-bond donors (Lipinski definition) is 0. The van der Waals surface area contributed by atoms with Crippen molar-refractivity contribution in [1.82, 2.24) is 0 Å².